The van der Waals surface area contributed by atoms with Gasteiger partial charge in [-0.15, -0.1) is 0 Å². The molecule has 0 bridgehead atoms. The Balaban J connectivity index is 1.65. The van der Waals surface area contributed by atoms with Crippen LogP contribution in [0.3, 0.4) is 0 Å². The number of carbonyl (C=O) groups is 3. The molecular weight excluding hydrogens is 434 g/mol. The molecule has 1 aliphatic rings. The largest absolute Gasteiger partial charge is 0.480 e. The molecule has 0 saturated carbocycles. The van der Waals surface area contributed by atoms with Gasteiger partial charge in [0.25, 0.3) is 5.91 Å². The number of aliphatic carboxylic acids is 1. The van der Waals surface area contributed by atoms with Crippen molar-refractivity contribution in [2.45, 2.75) is 45.3 Å². The minimum Gasteiger partial charge on any atom is -0.480 e. The number of H-pyrrole nitrogens is 1. The second-order valence-electron chi connectivity index (χ2n) is 9.68. The topological polar surface area (TPSA) is 121 Å². The van der Waals surface area contributed by atoms with Crippen molar-refractivity contribution in [3.05, 3.63) is 70.9 Å². The van der Waals surface area contributed by atoms with Crippen molar-refractivity contribution < 1.29 is 24.2 Å². The zero-order valence-electron chi connectivity index (χ0n) is 19.6. The van der Waals surface area contributed by atoms with Crippen molar-refractivity contribution >= 4 is 28.7 Å². The number of carboxylic acids is 1. The van der Waals surface area contributed by atoms with Gasteiger partial charge in [0.15, 0.2) is 0 Å². The van der Waals surface area contributed by atoms with Crippen molar-refractivity contribution in [3.63, 3.8) is 0 Å². The molecule has 0 fully saturated rings. The molecule has 4 rings (SSSR count). The fourth-order valence-electron chi connectivity index (χ4n) is 4.48. The summed E-state index contributed by atoms with van der Waals surface area (Å²) in [6, 6.07) is 13.1. The molecule has 1 aliphatic heterocycles. The Morgan fingerprint density at radius 1 is 1.09 bits per heavy atom. The molecule has 178 valence electrons. The lowest BCUT2D eigenvalue weighted by Gasteiger charge is -2.30. The number of ether oxygens (including phenoxy) is 1. The molecule has 34 heavy (non-hydrogen) atoms. The maximum atomic E-state index is 12.7. The van der Waals surface area contributed by atoms with Crippen molar-refractivity contribution in [3.8, 4) is 0 Å². The molecule has 2 heterocycles. The molecule has 2 aromatic carbocycles. The van der Waals surface area contributed by atoms with Crippen LogP contribution in [0.25, 0.3) is 10.9 Å². The van der Waals surface area contributed by atoms with E-state index in [0.717, 1.165) is 27.7 Å². The number of aromatic amines is 1. The van der Waals surface area contributed by atoms with Crippen molar-refractivity contribution in [2.75, 3.05) is 7.11 Å². The number of methoxy groups -OCH3 is 1. The zero-order chi connectivity index (χ0) is 24.6. The average molecular weight is 464 g/mol. The number of carboxylic acid groups (broad SMARTS) is 1. The lowest BCUT2D eigenvalue weighted by atomic mass is 9.86. The van der Waals surface area contributed by atoms with E-state index in [1.54, 1.807) is 32.9 Å². The molecule has 1 amide bonds. The molecule has 0 spiro atoms. The number of para-hydroxylation sites is 1. The van der Waals surface area contributed by atoms with Gasteiger partial charge in [0, 0.05) is 28.6 Å². The monoisotopic (exact) mass is 463 g/mol. The van der Waals surface area contributed by atoms with Crippen LogP contribution in [0.15, 0.2) is 48.5 Å². The van der Waals surface area contributed by atoms with Gasteiger partial charge in [-0.25, -0.2) is 4.79 Å². The van der Waals surface area contributed by atoms with E-state index in [1.807, 2.05) is 36.4 Å². The molecule has 1 aromatic heterocycles. The van der Waals surface area contributed by atoms with Crippen molar-refractivity contribution in [1.29, 1.82) is 0 Å². The summed E-state index contributed by atoms with van der Waals surface area (Å²) in [5.41, 5.74) is 3.61. The molecule has 8 nitrogen and oxygen atoms in total. The first-order valence-electron chi connectivity index (χ1n) is 11.2. The second kappa shape index (κ2) is 8.95. The number of esters is 1. The predicted octanol–water partition coefficient (Wildman–Crippen LogP) is 3.17. The first-order valence-corrected chi connectivity index (χ1v) is 11.2. The van der Waals surface area contributed by atoms with Crippen LogP contribution in [0.2, 0.25) is 0 Å². The summed E-state index contributed by atoms with van der Waals surface area (Å²) in [5, 5.41) is 16.5. The summed E-state index contributed by atoms with van der Waals surface area (Å²) >= 11 is 0. The summed E-state index contributed by atoms with van der Waals surface area (Å²) in [5.74, 6) is -1.87. The fourth-order valence-corrected chi connectivity index (χ4v) is 4.48. The van der Waals surface area contributed by atoms with Crippen LogP contribution in [0.1, 0.15) is 54.0 Å². The fraction of sp³-hybridized carbons (Fsp3) is 0.346. The number of aromatic nitrogens is 1. The van der Waals surface area contributed by atoms with E-state index in [4.69, 9.17) is 4.74 Å². The number of carbonyl (C=O) groups excluding carboxylic acids is 2. The summed E-state index contributed by atoms with van der Waals surface area (Å²) in [6.45, 7) is 5.29. The van der Waals surface area contributed by atoms with Crippen LogP contribution in [0.4, 0.5) is 0 Å². The number of hydrogen-bond donors (Lipinski definition) is 4. The van der Waals surface area contributed by atoms with Crippen LogP contribution in [-0.4, -0.2) is 47.1 Å². The highest BCUT2D eigenvalue weighted by molar-refractivity contribution is 5.97. The predicted molar refractivity (Wildman–Crippen MR) is 128 cm³/mol. The van der Waals surface area contributed by atoms with Gasteiger partial charge in [0.2, 0.25) is 0 Å². The molecule has 0 radical (unpaired) electrons. The average Bonchev–Trinajstić information content (AvgIpc) is 3.19. The van der Waals surface area contributed by atoms with Gasteiger partial charge < -0.3 is 20.1 Å². The third-order valence-electron chi connectivity index (χ3n) is 6.29. The van der Waals surface area contributed by atoms with Crippen LogP contribution in [-0.2, 0) is 20.7 Å². The van der Waals surface area contributed by atoms with Gasteiger partial charge in [-0.05, 0) is 34.7 Å². The maximum absolute atomic E-state index is 12.7. The summed E-state index contributed by atoms with van der Waals surface area (Å²) in [6.07, 6.45) is 0.506. The molecule has 3 aromatic rings. The molecule has 4 N–H and O–H groups in total. The minimum atomic E-state index is -1.08. The highest BCUT2D eigenvalue weighted by Crippen LogP contribution is 2.35. The van der Waals surface area contributed by atoms with Crippen molar-refractivity contribution in [1.82, 2.24) is 15.6 Å². The quantitative estimate of drug-likeness (QED) is 0.432. The SMILES string of the molecule is COC(=O)[C@H]1Cc2c([nH]c3ccccc23)[C@H](c2ccc(C(=O)N[C@H](C(=O)O)C(C)(C)C)cc2)N1. The number of benzene rings is 2. The van der Waals surface area contributed by atoms with E-state index in [0.29, 0.717) is 12.0 Å². The molecule has 0 aliphatic carbocycles. The Morgan fingerprint density at radius 3 is 2.38 bits per heavy atom. The van der Waals surface area contributed by atoms with Gasteiger partial charge in [-0.1, -0.05) is 51.1 Å². The van der Waals surface area contributed by atoms with Crippen LogP contribution in [0.5, 0.6) is 0 Å². The number of nitrogens with one attached hydrogen (secondary N) is 3. The standard InChI is InChI=1S/C26H29N3O5/c1-26(2,3)22(24(31)32)29-23(30)15-11-9-14(10-12-15)20-21-17(13-19(28-20)25(33)34-4)16-7-5-6-8-18(16)27-21/h5-12,19-20,22,27-28H,13H2,1-4H3,(H,29,30)(H,31,32)/t19-,20+,22-/m1/s1. The lowest BCUT2D eigenvalue weighted by Crippen LogP contribution is -2.49. The normalized spacial score (nSPS) is 18.7. The lowest BCUT2D eigenvalue weighted by molar-refractivity contribution is -0.143. The second-order valence-corrected chi connectivity index (χ2v) is 9.68. The first kappa shape index (κ1) is 23.5. The highest BCUT2D eigenvalue weighted by Gasteiger charge is 2.35. The van der Waals surface area contributed by atoms with Crippen LogP contribution >= 0.6 is 0 Å². The zero-order valence-corrected chi connectivity index (χ0v) is 19.6. The van der Waals surface area contributed by atoms with Crippen LogP contribution in [0, 0.1) is 5.41 Å². The van der Waals surface area contributed by atoms with Crippen molar-refractivity contribution in [2.24, 2.45) is 5.41 Å². The number of fused-ring (bicyclic) bond motifs is 3. The maximum Gasteiger partial charge on any atom is 0.326 e. The van der Waals surface area contributed by atoms with E-state index >= 15 is 0 Å². The molecule has 0 unspecified atom stereocenters. The van der Waals surface area contributed by atoms with Gasteiger partial charge in [-0.3, -0.25) is 14.9 Å². The van der Waals surface area contributed by atoms with Gasteiger partial charge >= 0.3 is 11.9 Å². The smallest absolute Gasteiger partial charge is 0.326 e. The van der Waals surface area contributed by atoms with E-state index in [2.05, 4.69) is 15.6 Å². The van der Waals surface area contributed by atoms with E-state index in [9.17, 15) is 19.5 Å². The van der Waals surface area contributed by atoms with Gasteiger partial charge in [0.05, 0.1) is 13.2 Å². The highest BCUT2D eigenvalue weighted by atomic mass is 16.5. The Hall–Kier alpha value is -3.65. The molecule has 0 saturated heterocycles. The van der Waals surface area contributed by atoms with Gasteiger partial charge in [0.1, 0.15) is 12.1 Å². The molecule has 3 atom stereocenters. The summed E-state index contributed by atoms with van der Waals surface area (Å²) in [4.78, 5) is 40.2. The van der Waals surface area contributed by atoms with E-state index < -0.39 is 29.4 Å². The third-order valence-corrected chi connectivity index (χ3v) is 6.29. The Morgan fingerprint density at radius 2 is 1.76 bits per heavy atom. The molecular formula is C26H29N3O5. The molecule has 8 heteroatoms. The number of amides is 1. The Labute approximate surface area is 197 Å². The Bertz CT molecular complexity index is 1240. The first-order chi connectivity index (χ1) is 16.1. The third kappa shape index (κ3) is 4.41. The minimum absolute atomic E-state index is 0.307. The van der Waals surface area contributed by atoms with E-state index in [-0.39, 0.29) is 12.0 Å². The van der Waals surface area contributed by atoms with Crippen LogP contribution < -0.4 is 10.6 Å². The number of rotatable bonds is 5. The number of hydrogen-bond acceptors (Lipinski definition) is 5. The summed E-state index contributed by atoms with van der Waals surface area (Å²) < 4.78 is 5.00. The van der Waals surface area contributed by atoms with Gasteiger partial charge in [-0.2, -0.15) is 0 Å². The Kier molecular flexibility index (Phi) is 6.18. The summed E-state index contributed by atoms with van der Waals surface area (Å²) in [7, 11) is 1.37. The van der Waals surface area contributed by atoms with E-state index in [1.165, 1.54) is 7.11 Å².